The van der Waals surface area contributed by atoms with Gasteiger partial charge in [0.25, 0.3) is 0 Å². The van der Waals surface area contributed by atoms with Crippen LogP contribution in [0.1, 0.15) is 30.7 Å². The lowest BCUT2D eigenvalue weighted by Crippen LogP contribution is -2.52. The van der Waals surface area contributed by atoms with Gasteiger partial charge in [-0.1, -0.05) is 62.1 Å². The second-order valence-corrected chi connectivity index (χ2v) is 17.3. The van der Waals surface area contributed by atoms with Gasteiger partial charge in [0.15, 0.2) is 0 Å². The van der Waals surface area contributed by atoms with Crippen LogP contribution < -0.4 is 0 Å². The molecule has 4 unspecified atom stereocenters. The summed E-state index contributed by atoms with van der Waals surface area (Å²) < 4.78 is 14.7. The van der Waals surface area contributed by atoms with Crippen LogP contribution in [0, 0.1) is 5.92 Å². The highest BCUT2D eigenvalue weighted by Crippen LogP contribution is 2.42. The Bertz CT molecular complexity index is 1110. The summed E-state index contributed by atoms with van der Waals surface area (Å²) in [7, 11) is 0.793. The number of hydrogen-bond donors (Lipinski definition) is 0. The number of hydrogen-bond acceptors (Lipinski definition) is 4. The highest BCUT2D eigenvalue weighted by molar-refractivity contribution is 6.76. The quantitative estimate of drug-likeness (QED) is 0.259. The van der Waals surface area contributed by atoms with Gasteiger partial charge in [0.05, 0.1) is 23.7 Å². The van der Waals surface area contributed by atoms with Gasteiger partial charge in [-0.25, -0.2) is 4.98 Å². The molecule has 0 N–H and O–H groups in total. The van der Waals surface area contributed by atoms with E-state index in [4.69, 9.17) is 14.5 Å². The lowest BCUT2D eigenvalue weighted by Gasteiger charge is -2.44. The standard InChI is InChI=1S/C29H41N3O2Si/c1-33-29-23(18-22-10-6-5-7-11-22)19-24-14-15-27(29)31(24)20-28-30-25-12-8-9-13-26(25)32(28)21-34-16-17-35(2,3)4/h5-13,23-24,27,29H,14-21H2,1-4H3. The Morgan fingerprint density at radius 1 is 1.00 bits per heavy atom. The predicted molar refractivity (Wildman–Crippen MR) is 145 cm³/mol. The van der Waals surface area contributed by atoms with E-state index in [9.17, 15) is 0 Å². The average Bonchev–Trinajstić information content (AvgIpc) is 3.32. The van der Waals surface area contributed by atoms with Crippen molar-refractivity contribution in [2.75, 3.05) is 13.7 Å². The first-order chi connectivity index (χ1) is 16.9. The van der Waals surface area contributed by atoms with Crippen LogP contribution in [0.5, 0.6) is 0 Å². The zero-order chi connectivity index (χ0) is 24.4. The molecule has 0 spiro atoms. The number of para-hydroxylation sites is 2. The fraction of sp³-hybridized carbons (Fsp3) is 0.552. The fourth-order valence-electron chi connectivity index (χ4n) is 6.17. The third kappa shape index (κ3) is 5.56. The molecule has 6 heteroatoms. The van der Waals surface area contributed by atoms with Crippen molar-refractivity contribution in [1.29, 1.82) is 0 Å². The number of fused-ring (bicyclic) bond motifs is 3. The SMILES string of the molecule is COC1C(Cc2ccccc2)CC2CCC1N2Cc1nc2ccccc2n1COCC[Si](C)(C)C. The number of imidazole rings is 1. The molecule has 5 rings (SSSR count). The molecular formula is C29H41N3O2Si. The maximum Gasteiger partial charge on any atom is 0.126 e. The Labute approximate surface area is 211 Å². The summed E-state index contributed by atoms with van der Waals surface area (Å²) in [6.07, 6.45) is 5.02. The van der Waals surface area contributed by atoms with E-state index in [1.54, 1.807) is 0 Å². The fourth-order valence-corrected chi connectivity index (χ4v) is 6.93. The van der Waals surface area contributed by atoms with Gasteiger partial charge in [0.2, 0.25) is 0 Å². The normalized spacial score (nSPS) is 24.9. The monoisotopic (exact) mass is 491 g/mol. The number of benzene rings is 2. The number of ether oxygens (including phenoxy) is 2. The number of methoxy groups -OCH3 is 1. The van der Waals surface area contributed by atoms with Crippen LogP contribution in [0.2, 0.25) is 25.7 Å². The van der Waals surface area contributed by atoms with Gasteiger partial charge in [-0.2, -0.15) is 0 Å². The van der Waals surface area contributed by atoms with Crippen molar-refractivity contribution in [2.45, 2.75) is 82.8 Å². The molecule has 5 nitrogen and oxygen atoms in total. The topological polar surface area (TPSA) is 39.5 Å². The summed E-state index contributed by atoms with van der Waals surface area (Å²) in [5.74, 6) is 1.69. The molecule has 2 aliphatic heterocycles. The van der Waals surface area contributed by atoms with E-state index >= 15 is 0 Å². The van der Waals surface area contributed by atoms with Crippen LogP contribution in [0.4, 0.5) is 0 Å². The van der Waals surface area contributed by atoms with Crippen molar-refractivity contribution >= 4 is 19.1 Å². The minimum absolute atomic E-state index is 0.264. The second kappa shape index (κ2) is 10.6. The third-order valence-corrected chi connectivity index (χ3v) is 9.70. The lowest BCUT2D eigenvalue weighted by atomic mass is 9.83. The molecule has 2 bridgehead atoms. The van der Waals surface area contributed by atoms with Crippen molar-refractivity contribution in [1.82, 2.24) is 14.5 Å². The van der Waals surface area contributed by atoms with Gasteiger partial charge in [0, 0.05) is 33.9 Å². The van der Waals surface area contributed by atoms with Gasteiger partial charge in [-0.3, -0.25) is 4.90 Å². The molecule has 3 heterocycles. The molecule has 0 amide bonds. The minimum atomic E-state index is -1.11. The highest BCUT2D eigenvalue weighted by atomic mass is 28.3. The molecule has 2 saturated heterocycles. The summed E-state index contributed by atoms with van der Waals surface area (Å²) >= 11 is 0. The van der Waals surface area contributed by atoms with Gasteiger partial charge < -0.3 is 14.0 Å². The molecule has 0 saturated carbocycles. The largest absolute Gasteiger partial charge is 0.380 e. The second-order valence-electron chi connectivity index (χ2n) is 11.6. The summed E-state index contributed by atoms with van der Waals surface area (Å²) in [5.41, 5.74) is 3.65. The molecule has 0 radical (unpaired) electrons. The van der Waals surface area contributed by atoms with Crippen LogP contribution >= 0.6 is 0 Å². The van der Waals surface area contributed by atoms with E-state index in [1.807, 2.05) is 7.11 Å². The van der Waals surface area contributed by atoms with Crippen LogP contribution in [0.15, 0.2) is 54.6 Å². The molecule has 2 aliphatic rings. The van der Waals surface area contributed by atoms with Gasteiger partial charge in [-0.15, -0.1) is 0 Å². The van der Waals surface area contributed by atoms with Gasteiger partial charge in [-0.05, 0) is 55.3 Å². The third-order valence-electron chi connectivity index (χ3n) is 8.00. The Morgan fingerprint density at radius 3 is 2.54 bits per heavy atom. The van der Waals surface area contributed by atoms with Crippen molar-refractivity contribution in [3.63, 3.8) is 0 Å². The molecule has 4 atom stereocenters. The Balaban J connectivity index is 1.33. The number of rotatable bonds is 10. The van der Waals surface area contributed by atoms with Crippen molar-refractivity contribution in [2.24, 2.45) is 5.92 Å². The molecule has 2 fully saturated rings. The number of nitrogens with zero attached hydrogens (tertiary/aromatic N) is 3. The molecule has 188 valence electrons. The smallest absolute Gasteiger partial charge is 0.126 e. The summed E-state index contributed by atoms with van der Waals surface area (Å²) in [4.78, 5) is 7.77. The highest BCUT2D eigenvalue weighted by Gasteiger charge is 2.47. The minimum Gasteiger partial charge on any atom is -0.380 e. The Morgan fingerprint density at radius 2 is 1.77 bits per heavy atom. The van der Waals surface area contributed by atoms with Gasteiger partial charge in [0.1, 0.15) is 12.6 Å². The van der Waals surface area contributed by atoms with E-state index in [0.717, 1.165) is 30.9 Å². The van der Waals surface area contributed by atoms with E-state index in [1.165, 1.54) is 36.4 Å². The zero-order valence-electron chi connectivity index (χ0n) is 21.8. The van der Waals surface area contributed by atoms with Crippen molar-refractivity contribution in [3.05, 3.63) is 66.0 Å². The lowest BCUT2D eigenvalue weighted by molar-refractivity contribution is -0.0581. The first-order valence-corrected chi connectivity index (χ1v) is 17.0. The van der Waals surface area contributed by atoms with Crippen LogP contribution in [0.3, 0.4) is 0 Å². The number of aromatic nitrogens is 2. The first kappa shape index (κ1) is 24.7. The summed E-state index contributed by atoms with van der Waals surface area (Å²) in [5, 5.41) is 0. The Hall–Kier alpha value is -1.99. The first-order valence-electron chi connectivity index (χ1n) is 13.3. The molecule has 3 aromatic rings. The maximum atomic E-state index is 6.20. The molecule has 2 aromatic carbocycles. The van der Waals surface area contributed by atoms with E-state index < -0.39 is 8.07 Å². The molecular weight excluding hydrogens is 450 g/mol. The summed E-state index contributed by atoms with van der Waals surface area (Å²) in [6.45, 7) is 9.46. The van der Waals surface area contributed by atoms with Crippen molar-refractivity contribution in [3.8, 4) is 0 Å². The van der Waals surface area contributed by atoms with Crippen LogP contribution in [-0.4, -0.2) is 54.4 Å². The van der Waals surface area contributed by atoms with E-state index in [2.05, 4.69) is 83.7 Å². The average molecular weight is 492 g/mol. The number of piperidine rings is 1. The zero-order valence-corrected chi connectivity index (χ0v) is 22.8. The summed E-state index contributed by atoms with van der Waals surface area (Å²) in [6, 6.07) is 21.6. The Kier molecular flexibility index (Phi) is 7.44. The predicted octanol–water partition coefficient (Wildman–Crippen LogP) is 5.96. The molecule has 1 aromatic heterocycles. The van der Waals surface area contributed by atoms with E-state index in [-0.39, 0.29) is 6.10 Å². The molecule has 0 aliphatic carbocycles. The maximum absolute atomic E-state index is 6.20. The molecule has 35 heavy (non-hydrogen) atoms. The van der Waals surface area contributed by atoms with E-state index in [0.29, 0.717) is 24.7 Å². The van der Waals surface area contributed by atoms with Crippen molar-refractivity contribution < 1.29 is 9.47 Å². The van der Waals surface area contributed by atoms with Gasteiger partial charge >= 0.3 is 0 Å². The van der Waals surface area contributed by atoms with Crippen LogP contribution in [-0.2, 0) is 29.2 Å². The van der Waals surface area contributed by atoms with Crippen LogP contribution in [0.25, 0.3) is 11.0 Å².